The van der Waals surface area contributed by atoms with Gasteiger partial charge in [-0.1, -0.05) is 57.5 Å². The SMILES string of the molecule is CC(C)(C)CNCCCCCNc1cccc(-c2n[nH]c(=O)c3ccccc23)c1.Cl. The van der Waals surface area contributed by atoms with Crippen LogP contribution in [0.5, 0.6) is 0 Å². The van der Waals surface area contributed by atoms with Crippen molar-refractivity contribution in [1.29, 1.82) is 0 Å². The molecule has 0 bridgehead atoms. The Bertz CT molecular complexity index is 994. The summed E-state index contributed by atoms with van der Waals surface area (Å²) in [5.74, 6) is 0. The zero-order valence-electron chi connectivity index (χ0n) is 18.1. The predicted molar refractivity (Wildman–Crippen MR) is 130 cm³/mol. The minimum absolute atomic E-state index is 0. The lowest BCUT2D eigenvalue weighted by Gasteiger charge is -2.18. The van der Waals surface area contributed by atoms with E-state index < -0.39 is 0 Å². The first kappa shape index (κ1) is 23.9. The smallest absolute Gasteiger partial charge is 0.272 e. The molecule has 1 heterocycles. The predicted octanol–water partition coefficient (Wildman–Crippen LogP) is 5.23. The van der Waals surface area contributed by atoms with Crippen molar-refractivity contribution in [2.24, 2.45) is 5.41 Å². The molecule has 0 spiro atoms. The number of hydrogen-bond donors (Lipinski definition) is 3. The summed E-state index contributed by atoms with van der Waals surface area (Å²) in [6.07, 6.45) is 3.54. The molecule has 0 aliphatic carbocycles. The highest BCUT2D eigenvalue weighted by Gasteiger charge is 2.09. The van der Waals surface area contributed by atoms with Crippen molar-refractivity contribution in [2.75, 3.05) is 25.0 Å². The molecule has 3 rings (SSSR count). The molecule has 3 aromatic rings. The van der Waals surface area contributed by atoms with Crippen LogP contribution in [0, 0.1) is 5.41 Å². The summed E-state index contributed by atoms with van der Waals surface area (Å²) in [7, 11) is 0. The number of halogens is 1. The first-order chi connectivity index (χ1) is 13.9. The topological polar surface area (TPSA) is 69.8 Å². The Morgan fingerprint density at radius 3 is 2.43 bits per heavy atom. The lowest BCUT2D eigenvalue weighted by Crippen LogP contribution is -2.27. The highest BCUT2D eigenvalue weighted by atomic mass is 35.5. The van der Waals surface area contributed by atoms with Gasteiger partial charge in [0.1, 0.15) is 0 Å². The van der Waals surface area contributed by atoms with Crippen LogP contribution in [0.2, 0.25) is 0 Å². The second kappa shape index (κ2) is 11.1. The Hall–Kier alpha value is -2.37. The number of hydrogen-bond acceptors (Lipinski definition) is 4. The number of benzene rings is 2. The van der Waals surface area contributed by atoms with Crippen LogP contribution in [0.4, 0.5) is 5.69 Å². The number of nitrogens with zero attached hydrogens (tertiary/aromatic N) is 1. The van der Waals surface area contributed by atoms with Crippen molar-refractivity contribution in [1.82, 2.24) is 15.5 Å². The van der Waals surface area contributed by atoms with E-state index in [0.717, 1.165) is 48.4 Å². The van der Waals surface area contributed by atoms with Crippen LogP contribution >= 0.6 is 12.4 Å². The molecular weight excluding hydrogens is 396 g/mol. The molecule has 0 saturated heterocycles. The van der Waals surface area contributed by atoms with Crippen molar-refractivity contribution in [2.45, 2.75) is 40.0 Å². The Balaban J connectivity index is 0.00000320. The van der Waals surface area contributed by atoms with Crippen LogP contribution in [-0.2, 0) is 0 Å². The quantitative estimate of drug-likeness (QED) is 0.408. The van der Waals surface area contributed by atoms with Gasteiger partial charge < -0.3 is 10.6 Å². The van der Waals surface area contributed by atoms with E-state index in [4.69, 9.17) is 0 Å². The van der Waals surface area contributed by atoms with Crippen molar-refractivity contribution in [3.8, 4) is 11.3 Å². The molecule has 0 saturated carbocycles. The fraction of sp³-hybridized carbons (Fsp3) is 0.417. The highest BCUT2D eigenvalue weighted by Crippen LogP contribution is 2.26. The van der Waals surface area contributed by atoms with Gasteiger partial charge in [0.25, 0.3) is 5.56 Å². The van der Waals surface area contributed by atoms with Gasteiger partial charge in [0, 0.05) is 23.2 Å². The fourth-order valence-electron chi connectivity index (χ4n) is 3.36. The van der Waals surface area contributed by atoms with E-state index in [0.29, 0.717) is 10.8 Å². The third kappa shape index (κ3) is 6.85. The molecule has 162 valence electrons. The summed E-state index contributed by atoms with van der Waals surface area (Å²) >= 11 is 0. The second-order valence-electron chi connectivity index (χ2n) is 8.75. The Labute approximate surface area is 185 Å². The van der Waals surface area contributed by atoms with E-state index in [1.807, 2.05) is 36.4 Å². The number of fused-ring (bicyclic) bond motifs is 1. The maximum Gasteiger partial charge on any atom is 0.272 e. The van der Waals surface area contributed by atoms with Crippen LogP contribution in [-0.4, -0.2) is 29.8 Å². The van der Waals surface area contributed by atoms with E-state index in [9.17, 15) is 4.79 Å². The maximum atomic E-state index is 12.0. The highest BCUT2D eigenvalue weighted by molar-refractivity contribution is 5.94. The molecule has 6 heteroatoms. The number of nitrogens with one attached hydrogen (secondary N) is 3. The minimum atomic E-state index is -0.157. The van der Waals surface area contributed by atoms with Gasteiger partial charge in [0.15, 0.2) is 0 Å². The second-order valence-corrected chi connectivity index (χ2v) is 8.75. The average molecular weight is 429 g/mol. The molecular formula is C24H33ClN4O. The number of anilines is 1. The Kier molecular flexibility index (Phi) is 8.88. The van der Waals surface area contributed by atoms with Crippen molar-refractivity contribution < 1.29 is 0 Å². The molecule has 0 unspecified atom stereocenters. The van der Waals surface area contributed by atoms with Crippen LogP contribution in [0.1, 0.15) is 40.0 Å². The number of H-pyrrole nitrogens is 1. The van der Waals surface area contributed by atoms with Crippen LogP contribution in [0.3, 0.4) is 0 Å². The summed E-state index contributed by atoms with van der Waals surface area (Å²) in [4.78, 5) is 12.0. The summed E-state index contributed by atoms with van der Waals surface area (Å²) in [5.41, 5.74) is 3.06. The summed E-state index contributed by atoms with van der Waals surface area (Å²) in [6.45, 7) is 9.85. The zero-order chi connectivity index (χ0) is 20.7. The fourth-order valence-corrected chi connectivity index (χ4v) is 3.36. The Morgan fingerprint density at radius 2 is 1.67 bits per heavy atom. The molecule has 30 heavy (non-hydrogen) atoms. The third-order valence-corrected chi connectivity index (χ3v) is 4.85. The zero-order valence-corrected chi connectivity index (χ0v) is 18.9. The van der Waals surface area contributed by atoms with Crippen molar-refractivity contribution in [3.63, 3.8) is 0 Å². The average Bonchev–Trinajstić information content (AvgIpc) is 2.70. The molecule has 0 amide bonds. The molecule has 0 aliphatic rings. The molecule has 1 aromatic heterocycles. The van der Waals surface area contributed by atoms with Gasteiger partial charge in [-0.2, -0.15) is 5.10 Å². The molecule has 5 nitrogen and oxygen atoms in total. The van der Waals surface area contributed by atoms with Gasteiger partial charge in [-0.3, -0.25) is 4.79 Å². The number of aromatic nitrogens is 2. The molecule has 0 atom stereocenters. The molecule has 0 aliphatic heterocycles. The normalized spacial score (nSPS) is 11.3. The summed E-state index contributed by atoms with van der Waals surface area (Å²) in [6, 6.07) is 15.8. The minimum Gasteiger partial charge on any atom is -0.385 e. The van der Waals surface area contributed by atoms with E-state index in [-0.39, 0.29) is 18.0 Å². The lowest BCUT2D eigenvalue weighted by atomic mass is 9.97. The first-order valence-electron chi connectivity index (χ1n) is 10.5. The molecule has 3 N–H and O–H groups in total. The number of aromatic amines is 1. The van der Waals surface area contributed by atoms with E-state index >= 15 is 0 Å². The van der Waals surface area contributed by atoms with Crippen LogP contribution in [0.15, 0.2) is 53.3 Å². The first-order valence-corrected chi connectivity index (χ1v) is 10.5. The van der Waals surface area contributed by atoms with Gasteiger partial charge in [0.05, 0.1) is 11.1 Å². The monoisotopic (exact) mass is 428 g/mol. The molecule has 0 fully saturated rings. The van der Waals surface area contributed by atoms with E-state index in [2.05, 4.69) is 53.7 Å². The van der Waals surface area contributed by atoms with Crippen LogP contribution in [0.25, 0.3) is 22.0 Å². The maximum absolute atomic E-state index is 12.0. The van der Waals surface area contributed by atoms with Gasteiger partial charge in [-0.25, -0.2) is 5.10 Å². The van der Waals surface area contributed by atoms with E-state index in [1.54, 1.807) is 0 Å². The van der Waals surface area contributed by atoms with E-state index in [1.165, 1.54) is 12.8 Å². The molecule has 0 radical (unpaired) electrons. The van der Waals surface area contributed by atoms with Gasteiger partial charge >= 0.3 is 0 Å². The van der Waals surface area contributed by atoms with Gasteiger partial charge in [-0.15, -0.1) is 12.4 Å². The Morgan fingerprint density at radius 1 is 0.933 bits per heavy atom. The summed E-state index contributed by atoms with van der Waals surface area (Å²) in [5, 5.41) is 15.5. The van der Waals surface area contributed by atoms with Crippen molar-refractivity contribution in [3.05, 3.63) is 58.9 Å². The molecule has 2 aromatic carbocycles. The van der Waals surface area contributed by atoms with Crippen LogP contribution < -0.4 is 16.2 Å². The summed E-state index contributed by atoms with van der Waals surface area (Å²) < 4.78 is 0. The standard InChI is InChI=1S/C24H32N4O.ClH/c1-24(2,3)17-25-14-7-4-8-15-26-19-11-9-10-18(16-19)22-20-12-5-6-13-21(20)23(29)28-27-22;/h5-6,9-13,16,25-26H,4,7-8,14-15,17H2,1-3H3,(H,28,29);1H. The number of unbranched alkanes of at least 4 members (excludes halogenated alkanes) is 2. The number of rotatable bonds is 9. The van der Waals surface area contributed by atoms with Gasteiger partial charge in [0.2, 0.25) is 0 Å². The largest absolute Gasteiger partial charge is 0.385 e. The lowest BCUT2D eigenvalue weighted by molar-refractivity contribution is 0.378. The van der Waals surface area contributed by atoms with Crippen molar-refractivity contribution >= 4 is 28.9 Å². The van der Waals surface area contributed by atoms with Gasteiger partial charge in [-0.05, 0) is 49.5 Å². The third-order valence-electron chi connectivity index (χ3n) is 4.85.